The molecule has 3 heteroatoms. The molecule has 0 atom stereocenters. The van der Waals surface area contributed by atoms with Crippen molar-refractivity contribution in [3.63, 3.8) is 0 Å². The summed E-state index contributed by atoms with van der Waals surface area (Å²) in [5.74, 6) is 0. The van der Waals surface area contributed by atoms with Crippen molar-refractivity contribution in [1.82, 2.24) is 4.57 Å². The van der Waals surface area contributed by atoms with Gasteiger partial charge in [-0.05, 0) is 26.8 Å². The molecule has 13 heavy (non-hydrogen) atoms. The number of nitrogens with zero attached hydrogens (tertiary/aromatic N) is 1. The lowest BCUT2D eigenvalue weighted by Gasteiger charge is -2.21. The fourth-order valence-corrected chi connectivity index (χ4v) is 2.60. The second-order valence-corrected chi connectivity index (χ2v) is 5.12. The second-order valence-electron chi connectivity index (χ2n) is 4.27. The molecular weight excluding hydrogens is 180 g/mol. The Morgan fingerprint density at radius 2 is 2.08 bits per heavy atom. The zero-order valence-electron chi connectivity index (χ0n) is 8.16. The van der Waals surface area contributed by atoms with Crippen LogP contribution in [0.15, 0.2) is 17.6 Å². The lowest BCUT2D eigenvalue weighted by atomic mass is 10.1. The molecule has 0 spiro atoms. The lowest BCUT2D eigenvalue weighted by Crippen LogP contribution is -2.19. The Labute approximate surface area is 82.0 Å². The summed E-state index contributed by atoms with van der Waals surface area (Å²) in [5, 5.41) is 3.19. The van der Waals surface area contributed by atoms with Gasteiger partial charge in [0.1, 0.15) is 4.83 Å². The average molecular weight is 194 g/mol. The highest BCUT2D eigenvalue weighted by molar-refractivity contribution is 7.17. The molecule has 0 aliphatic rings. The van der Waals surface area contributed by atoms with Crippen molar-refractivity contribution in [3.05, 3.63) is 17.6 Å². The molecule has 0 fully saturated rings. The molecule has 0 bridgehead atoms. The van der Waals surface area contributed by atoms with Crippen LogP contribution in [-0.2, 0) is 5.54 Å². The summed E-state index contributed by atoms with van der Waals surface area (Å²) in [7, 11) is 0. The van der Waals surface area contributed by atoms with Crippen LogP contribution in [0, 0.1) is 0 Å². The zero-order chi connectivity index (χ0) is 9.64. The van der Waals surface area contributed by atoms with E-state index in [0.717, 1.165) is 5.69 Å². The second kappa shape index (κ2) is 2.51. The van der Waals surface area contributed by atoms with Crippen LogP contribution in [0.4, 0.5) is 5.69 Å². The standard InChI is InChI=1S/C10H14N2S/c1-10(2,3)12-5-4-7-8(11)6-13-9(7)12/h4-6H,11H2,1-3H3. The first-order valence-electron chi connectivity index (χ1n) is 4.34. The SMILES string of the molecule is CC(C)(C)n1ccc2c(N)csc21. The topological polar surface area (TPSA) is 30.9 Å². The molecular formula is C10H14N2S. The highest BCUT2D eigenvalue weighted by atomic mass is 32.1. The lowest BCUT2D eigenvalue weighted by molar-refractivity contribution is 0.412. The summed E-state index contributed by atoms with van der Waals surface area (Å²) in [6, 6.07) is 2.09. The molecule has 2 rings (SSSR count). The highest BCUT2D eigenvalue weighted by Gasteiger charge is 2.16. The van der Waals surface area contributed by atoms with Gasteiger partial charge in [-0.15, -0.1) is 11.3 Å². The van der Waals surface area contributed by atoms with Gasteiger partial charge >= 0.3 is 0 Å². The molecule has 2 aromatic rings. The predicted molar refractivity (Wildman–Crippen MR) is 59.2 cm³/mol. The smallest absolute Gasteiger partial charge is 0.105 e. The zero-order valence-corrected chi connectivity index (χ0v) is 8.98. The van der Waals surface area contributed by atoms with E-state index >= 15 is 0 Å². The third kappa shape index (κ3) is 1.23. The average Bonchev–Trinajstić information content (AvgIpc) is 2.51. The molecule has 2 aromatic heterocycles. The molecule has 0 radical (unpaired) electrons. The Morgan fingerprint density at radius 1 is 1.38 bits per heavy atom. The molecule has 2 heterocycles. The van der Waals surface area contributed by atoms with Crippen molar-refractivity contribution in [3.8, 4) is 0 Å². The largest absolute Gasteiger partial charge is 0.398 e. The van der Waals surface area contributed by atoms with E-state index in [1.54, 1.807) is 11.3 Å². The Morgan fingerprint density at radius 3 is 2.69 bits per heavy atom. The number of thiophene rings is 1. The molecule has 0 aliphatic heterocycles. The van der Waals surface area contributed by atoms with E-state index in [-0.39, 0.29) is 5.54 Å². The van der Waals surface area contributed by atoms with Gasteiger partial charge in [0.15, 0.2) is 0 Å². The maximum Gasteiger partial charge on any atom is 0.105 e. The Balaban J connectivity index is 2.72. The fourth-order valence-electron chi connectivity index (χ4n) is 1.47. The molecule has 2 N–H and O–H groups in total. The number of nitrogens with two attached hydrogens (primary N) is 1. The fraction of sp³-hybridized carbons (Fsp3) is 0.400. The number of aromatic nitrogens is 1. The Kier molecular flexibility index (Phi) is 1.67. The van der Waals surface area contributed by atoms with Gasteiger partial charge in [-0.25, -0.2) is 0 Å². The molecule has 0 aliphatic carbocycles. The van der Waals surface area contributed by atoms with Crippen molar-refractivity contribution in [2.24, 2.45) is 0 Å². The number of nitrogen functional groups attached to an aromatic ring is 1. The summed E-state index contributed by atoms with van der Waals surface area (Å²) in [6.07, 6.45) is 2.11. The van der Waals surface area contributed by atoms with Crippen molar-refractivity contribution >= 4 is 27.2 Å². The summed E-state index contributed by atoms with van der Waals surface area (Å²) >= 11 is 1.71. The minimum absolute atomic E-state index is 0.138. The quantitative estimate of drug-likeness (QED) is 0.686. The van der Waals surface area contributed by atoms with Crippen LogP contribution in [0.3, 0.4) is 0 Å². The van der Waals surface area contributed by atoms with E-state index in [4.69, 9.17) is 5.73 Å². The molecule has 2 nitrogen and oxygen atoms in total. The van der Waals surface area contributed by atoms with E-state index in [9.17, 15) is 0 Å². The van der Waals surface area contributed by atoms with Crippen LogP contribution in [0.2, 0.25) is 0 Å². The van der Waals surface area contributed by atoms with Crippen LogP contribution < -0.4 is 5.73 Å². The number of rotatable bonds is 0. The number of anilines is 1. The van der Waals surface area contributed by atoms with Gasteiger partial charge in [0.25, 0.3) is 0 Å². The molecule has 0 saturated heterocycles. The van der Waals surface area contributed by atoms with Gasteiger partial charge in [0.05, 0.1) is 5.69 Å². The van der Waals surface area contributed by atoms with Crippen LogP contribution in [0.25, 0.3) is 10.2 Å². The van der Waals surface area contributed by atoms with Crippen molar-refractivity contribution in [1.29, 1.82) is 0 Å². The van der Waals surface area contributed by atoms with Crippen LogP contribution >= 0.6 is 11.3 Å². The number of hydrogen-bond acceptors (Lipinski definition) is 2. The van der Waals surface area contributed by atoms with Gasteiger partial charge in [-0.3, -0.25) is 0 Å². The monoisotopic (exact) mass is 194 g/mol. The number of fused-ring (bicyclic) bond motifs is 1. The van der Waals surface area contributed by atoms with Crippen LogP contribution in [0.5, 0.6) is 0 Å². The van der Waals surface area contributed by atoms with Crippen LogP contribution in [0.1, 0.15) is 20.8 Å². The highest BCUT2D eigenvalue weighted by Crippen LogP contribution is 2.32. The molecule has 0 amide bonds. The molecule has 70 valence electrons. The molecule has 0 unspecified atom stereocenters. The van der Waals surface area contributed by atoms with E-state index in [1.807, 2.05) is 5.38 Å². The van der Waals surface area contributed by atoms with Gasteiger partial charge in [0, 0.05) is 22.5 Å². The molecule has 0 aromatic carbocycles. The number of hydrogen-bond donors (Lipinski definition) is 1. The summed E-state index contributed by atoms with van der Waals surface area (Å²) < 4.78 is 2.27. The first-order chi connectivity index (χ1) is 6.00. The molecule has 0 saturated carbocycles. The van der Waals surface area contributed by atoms with E-state index < -0.39 is 0 Å². The normalized spacial score (nSPS) is 12.5. The van der Waals surface area contributed by atoms with E-state index in [1.165, 1.54) is 10.2 Å². The van der Waals surface area contributed by atoms with Gasteiger partial charge < -0.3 is 10.3 Å². The summed E-state index contributed by atoms with van der Waals surface area (Å²) in [4.78, 5) is 1.27. The maximum atomic E-state index is 5.83. The third-order valence-electron chi connectivity index (χ3n) is 2.17. The van der Waals surface area contributed by atoms with Crippen LogP contribution in [-0.4, -0.2) is 4.57 Å². The minimum Gasteiger partial charge on any atom is -0.398 e. The predicted octanol–water partition coefficient (Wildman–Crippen LogP) is 3.04. The Bertz CT molecular complexity index is 431. The Hall–Kier alpha value is -0.960. The maximum absolute atomic E-state index is 5.83. The van der Waals surface area contributed by atoms with Gasteiger partial charge in [0.2, 0.25) is 0 Å². The van der Waals surface area contributed by atoms with Crippen molar-refractivity contribution in [2.45, 2.75) is 26.3 Å². The third-order valence-corrected chi connectivity index (χ3v) is 3.18. The van der Waals surface area contributed by atoms with Gasteiger partial charge in [-0.1, -0.05) is 0 Å². The minimum atomic E-state index is 0.138. The van der Waals surface area contributed by atoms with E-state index in [2.05, 4.69) is 37.6 Å². The van der Waals surface area contributed by atoms with Crippen molar-refractivity contribution < 1.29 is 0 Å². The first kappa shape index (κ1) is 8.63. The van der Waals surface area contributed by atoms with E-state index in [0.29, 0.717) is 0 Å². The van der Waals surface area contributed by atoms with Crippen molar-refractivity contribution in [2.75, 3.05) is 5.73 Å². The summed E-state index contributed by atoms with van der Waals surface area (Å²) in [5.41, 5.74) is 6.86. The summed E-state index contributed by atoms with van der Waals surface area (Å²) in [6.45, 7) is 6.59. The first-order valence-corrected chi connectivity index (χ1v) is 5.22. The van der Waals surface area contributed by atoms with Gasteiger partial charge in [-0.2, -0.15) is 0 Å².